The minimum atomic E-state index is -1.06. The van der Waals surface area contributed by atoms with Gasteiger partial charge in [0, 0.05) is 26.3 Å². The molecule has 11 heteroatoms. The van der Waals surface area contributed by atoms with Crippen LogP contribution in [-0.4, -0.2) is 54.3 Å². The van der Waals surface area contributed by atoms with Crippen LogP contribution in [0, 0.1) is 0 Å². The van der Waals surface area contributed by atoms with Crippen LogP contribution in [0.4, 0.5) is 0 Å². The second-order valence-electron chi connectivity index (χ2n) is 11.0. The topological polar surface area (TPSA) is 195 Å². The van der Waals surface area contributed by atoms with E-state index in [4.69, 9.17) is 17.2 Å². The molecule has 0 saturated heterocycles. The minimum absolute atomic E-state index is 0.0926. The Kier molecular flexibility index (Phi) is 11.1. The molecule has 9 N–H and O–H groups in total. The molecule has 0 aliphatic carbocycles. The number of carbonyl (C=O) groups excluding carboxylic acids is 4. The molecule has 4 amide bonds. The van der Waals surface area contributed by atoms with E-state index in [1.54, 1.807) is 0 Å². The van der Waals surface area contributed by atoms with Gasteiger partial charge in [-0.05, 0) is 45.5 Å². The van der Waals surface area contributed by atoms with E-state index in [1.165, 1.54) is 6.92 Å². The molecule has 0 saturated carbocycles. The molecule has 0 aliphatic rings. The summed E-state index contributed by atoms with van der Waals surface area (Å²) in [4.78, 5) is 55.8. The third-order valence-corrected chi connectivity index (χ3v) is 7.49. The Labute approximate surface area is 261 Å². The van der Waals surface area contributed by atoms with Crippen molar-refractivity contribution in [1.29, 1.82) is 0 Å². The number of aliphatic imine (C=N–C) groups is 1. The summed E-state index contributed by atoms with van der Waals surface area (Å²) in [5.41, 5.74) is 18.3. The fourth-order valence-corrected chi connectivity index (χ4v) is 5.29. The number of guanidine groups is 1. The predicted molar refractivity (Wildman–Crippen MR) is 176 cm³/mol. The monoisotopic (exact) mass is 609 g/mol. The van der Waals surface area contributed by atoms with Gasteiger partial charge in [-0.2, -0.15) is 0 Å². The molecular formula is C34H39N7O4. The zero-order chi connectivity index (χ0) is 32.3. The van der Waals surface area contributed by atoms with Crippen molar-refractivity contribution < 1.29 is 19.2 Å². The average molecular weight is 610 g/mol. The lowest BCUT2D eigenvalue weighted by Gasteiger charge is -2.25. The highest BCUT2D eigenvalue weighted by Gasteiger charge is 2.29. The van der Waals surface area contributed by atoms with Crippen LogP contribution in [0.15, 0.2) is 89.9 Å². The van der Waals surface area contributed by atoms with E-state index in [0.717, 1.165) is 32.7 Å². The number of hydrogen-bond donors (Lipinski definition) is 6. The van der Waals surface area contributed by atoms with Crippen molar-refractivity contribution in [3.05, 3.63) is 96.1 Å². The van der Waals surface area contributed by atoms with Gasteiger partial charge in [0.05, 0.1) is 0 Å². The third kappa shape index (κ3) is 9.27. The molecule has 11 nitrogen and oxygen atoms in total. The van der Waals surface area contributed by atoms with Crippen LogP contribution in [0.3, 0.4) is 0 Å². The first-order valence-corrected chi connectivity index (χ1v) is 14.8. The van der Waals surface area contributed by atoms with E-state index >= 15 is 0 Å². The summed E-state index contributed by atoms with van der Waals surface area (Å²) in [6.07, 6.45) is 0.879. The molecule has 45 heavy (non-hydrogen) atoms. The van der Waals surface area contributed by atoms with Gasteiger partial charge in [0.1, 0.15) is 18.1 Å². The lowest BCUT2D eigenvalue weighted by atomic mass is 9.98. The normalized spacial score (nSPS) is 12.9. The van der Waals surface area contributed by atoms with Gasteiger partial charge >= 0.3 is 0 Å². The average Bonchev–Trinajstić information content (AvgIpc) is 3.01. The number of benzene rings is 4. The van der Waals surface area contributed by atoms with Crippen LogP contribution in [-0.2, 0) is 32.0 Å². The third-order valence-electron chi connectivity index (χ3n) is 7.49. The molecule has 0 aliphatic heterocycles. The van der Waals surface area contributed by atoms with E-state index in [0.29, 0.717) is 6.42 Å². The largest absolute Gasteiger partial charge is 0.370 e. The van der Waals surface area contributed by atoms with Crippen molar-refractivity contribution in [2.45, 2.75) is 50.7 Å². The molecular weight excluding hydrogens is 570 g/mol. The van der Waals surface area contributed by atoms with Gasteiger partial charge in [0.2, 0.25) is 23.6 Å². The van der Waals surface area contributed by atoms with Crippen molar-refractivity contribution in [3.8, 4) is 0 Å². The number of amides is 4. The Balaban J connectivity index is 1.53. The molecule has 4 aromatic carbocycles. The van der Waals surface area contributed by atoms with Crippen LogP contribution < -0.4 is 33.2 Å². The predicted octanol–water partition coefficient (Wildman–Crippen LogP) is 1.79. The van der Waals surface area contributed by atoms with Crippen LogP contribution in [0.1, 0.15) is 30.9 Å². The number of nitrogens with two attached hydrogens (primary N) is 3. The number of rotatable bonds is 14. The second kappa shape index (κ2) is 15.3. The molecule has 0 heterocycles. The van der Waals surface area contributed by atoms with Gasteiger partial charge in [0.15, 0.2) is 5.96 Å². The minimum Gasteiger partial charge on any atom is -0.370 e. The Hall–Kier alpha value is -5.45. The highest BCUT2D eigenvalue weighted by Crippen LogP contribution is 2.20. The number of carbonyl (C=O) groups is 4. The maximum atomic E-state index is 13.6. The van der Waals surface area contributed by atoms with E-state index in [2.05, 4.69) is 20.9 Å². The fraction of sp³-hybridized carbons (Fsp3) is 0.265. The Morgan fingerprint density at radius 2 is 1.33 bits per heavy atom. The zero-order valence-corrected chi connectivity index (χ0v) is 25.2. The van der Waals surface area contributed by atoms with Gasteiger partial charge in [-0.3, -0.25) is 24.2 Å². The molecule has 0 bridgehead atoms. The molecule has 0 unspecified atom stereocenters. The van der Waals surface area contributed by atoms with Crippen LogP contribution in [0.2, 0.25) is 0 Å². The number of nitrogens with zero attached hydrogens (tertiary/aromatic N) is 1. The number of nitrogens with one attached hydrogen (secondary N) is 3. The van der Waals surface area contributed by atoms with Gasteiger partial charge < -0.3 is 33.2 Å². The van der Waals surface area contributed by atoms with Crippen LogP contribution in [0.5, 0.6) is 0 Å². The standard InChI is InChI=1S/C34H39N7O4/c1-21(42)39-30(20-26-12-6-11-24-9-4-5-13-27(24)26)33(45)40-28(14-7-17-38-34(36)37)32(44)41-29(31(35)43)19-22-15-16-23-8-2-3-10-25(23)18-22/h2-6,8-13,15-16,18,28-30H,7,14,17,19-20H2,1H3,(H2,35,43)(H,39,42)(H,40,45)(H,41,44)(H4,36,37,38)/t28-,29-,30+/m0/s1. The molecule has 234 valence electrons. The Bertz CT molecular complexity index is 1710. The molecule has 3 atom stereocenters. The van der Waals surface area contributed by atoms with Gasteiger partial charge in [-0.1, -0.05) is 84.9 Å². The number of hydrogen-bond acceptors (Lipinski definition) is 5. The van der Waals surface area contributed by atoms with E-state index in [1.807, 2.05) is 84.9 Å². The molecule has 0 radical (unpaired) electrons. The Morgan fingerprint density at radius 1 is 0.689 bits per heavy atom. The highest BCUT2D eigenvalue weighted by atomic mass is 16.2. The summed E-state index contributed by atoms with van der Waals surface area (Å²) in [5.74, 6) is -2.35. The van der Waals surface area contributed by atoms with Crippen molar-refractivity contribution in [2.24, 2.45) is 22.2 Å². The molecule has 0 aromatic heterocycles. The van der Waals surface area contributed by atoms with Crippen LogP contribution >= 0.6 is 0 Å². The molecule has 0 spiro atoms. The van der Waals surface area contributed by atoms with Crippen molar-refractivity contribution in [1.82, 2.24) is 16.0 Å². The maximum absolute atomic E-state index is 13.6. The zero-order valence-electron chi connectivity index (χ0n) is 25.2. The SMILES string of the molecule is CC(=O)N[C@H](Cc1cccc2ccccc12)C(=O)N[C@@H](CCCN=C(N)N)C(=O)N[C@@H](Cc1ccc2ccccc2c1)C(N)=O. The lowest BCUT2D eigenvalue weighted by molar-refractivity contribution is -0.133. The van der Waals surface area contributed by atoms with E-state index < -0.39 is 41.8 Å². The molecule has 4 aromatic rings. The summed E-state index contributed by atoms with van der Waals surface area (Å²) in [6, 6.07) is 24.0. The number of primary amides is 1. The summed E-state index contributed by atoms with van der Waals surface area (Å²) in [5, 5.41) is 12.2. The van der Waals surface area contributed by atoms with E-state index in [-0.39, 0.29) is 31.8 Å². The summed E-state index contributed by atoms with van der Waals surface area (Å²) < 4.78 is 0. The second-order valence-corrected chi connectivity index (χ2v) is 11.0. The first kappa shape index (κ1) is 32.5. The van der Waals surface area contributed by atoms with Crippen molar-refractivity contribution >= 4 is 51.1 Å². The summed E-state index contributed by atoms with van der Waals surface area (Å²) >= 11 is 0. The van der Waals surface area contributed by atoms with Gasteiger partial charge in [-0.25, -0.2) is 0 Å². The van der Waals surface area contributed by atoms with Gasteiger partial charge in [0.25, 0.3) is 0 Å². The fourth-order valence-electron chi connectivity index (χ4n) is 5.29. The smallest absolute Gasteiger partial charge is 0.243 e. The van der Waals surface area contributed by atoms with Gasteiger partial charge in [-0.15, -0.1) is 0 Å². The first-order valence-electron chi connectivity index (χ1n) is 14.8. The van der Waals surface area contributed by atoms with Crippen LogP contribution in [0.25, 0.3) is 21.5 Å². The maximum Gasteiger partial charge on any atom is 0.243 e. The van der Waals surface area contributed by atoms with E-state index in [9.17, 15) is 19.2 Å². The Morgan fingerprint density at radius 3 is 2.04 bits per heavy atom. The summed E-state index contributed by atoms with van der Waals surface area (Å²) in [6.45, 7) is 1.55. The molecule has 4 rings (SSSR count). The highest BCUT2D eigenvalue weighted by molar-refractivity contribution is 5.95. The van der Waals surface area contributed by atoms with Crippen molar-refractivity contribution in [3.63, 3.8) is 0 Å². The first-order chi connectivity index (χ1) is 21.6. The van der Waals surface area contributed by atoms with Crippen molar-refractivity contribution in [2.75, 3.05) is 6.54 Å². The summed E-state index contributed by atoms with van der Waals surface area (Å²) in [7, 11) is 0. The number of fused-ring (bicyclic) bond motifs is 2. The molecule has 0 fully saturated rings. The quantitative estimate of drug-likeness (QED) is 0.0716. The lowest BCUT2D eigenvalue weighted by Crippen LogP contribution is -2.57.